The maximum atomic E-state index is 15.6. The Hall–Kier alpha value is -2.14. The van der Waals surface area contributed by atoms with Crippen LogP contribution in [0.25, 0.3) is 11.1 Å². The fourth-order valence-electron chi connectivity index (χ4n) is 4.51. The van der Waals surface area contributed by atoms with Crippen molar-refractivity contribution in [2.75, 3.05) is 13.2 Å². The normalized spacial score (nSPS) is 17.0. The Balaban J connectivity index is 2.73. The first-order chi connectivity index (χ1) is 16.5. The third kappa shape index (κ3) is 6.75. The minimum Gasteiger partial charge on any atom is -0.492 e. The molecule has 0 saturated heterocycles. The van der Waals surface area contributed by atoms with Crippen LogP contribution in [0.15, 0.2) is 46.2 Å². The molecule has 192 valence electrons. The van der Waals surface area contributed by atoms with Crippen molar-refractivity contribution in [2.45, 2.75) is 80.1 Å². The summed E-state index contributed by atoms with van der Waals surface area (Å²) in [7, 11) is 0. The molecule has 1 aromatic carbocycles. The van der Waals surface area contributed by atoms with Crippen molar-refractivity contribution in [3.8, 4) is 5.75 Å². The van der Waals surface area contributed by atoms with Gasteiger partial charge >= 0.3 is 5.97 Å². The van der Waals surface area contributed by atoms with Gasteiger partial charge in [0.25, 0.3) is 0 Å². The quantitative estimate of drug-likeness (QED) is 0.167. The summed E-state index contributed by atoms with van der Waals surface area (Å²) >= 11 is 3.87. The van der Waals surface area contributed by atoms with Crippen molar-refractivity contribution < 1.29 is 18.7 Å². The lowest BCUT2D eigenvalue weighted by atomic mass is 9.70. The van der Waals surface area contributed by atoms with Crippen LogP contribution in [-0.4, -0.2) is 19.2 Å². The molecular formula is C30H40BrFO3. The van der Waals surface area contributed by atoms with Crippen LogP contribution in [0.4, 0.5) is 4.39 Å². The molecule has 1 aliphatic carbocycles. The molecule has 35 heavy (non-hydrogen) atoms. The predicted molar refractivity (Wildman–Crippen MR) is 148 cm³/mol. The van der Waals surface area contributed by atoms with E-state index in [1.165, 1.54) is 28.9 Å². The number of hydrogen-bond acceptors (Lipinski definition) is 3. The highest BCUT2D eigenvalue weighted by atomic mass is 79.9. The average molecular weight is 548 g/mol. The van der Waals surface area contributed by atoms with Crippen molar-refractivity contribution >= 4 is 33.0 Å². The van der Waals surface area contributed by atoms with E-state index in [0.29, 0.717) is 42.4 Å². The Bertz CT molecular complexity index is 1060. The molecule has 0 aliphatic heterocycles. The summed E-state index contributed by atoms with van der Waals surface area (Å²) < 4.78 is 27.6. The SMILES string of the molecule is CCOC(=O)C=C(C)C=CC(F)=C(CC)c1cc2c(c(Br)c1OCC)C(C)(C)CC=C2C(C)CC. The van der Waals surface area contributed by atoms with E-state index >= 15 is 4.39 Å². The monoisotopic (exact) mass is 546 g/mol. The van der Waals surface area contributed by atoms with Gasteiger partial charge in [-0.3, -0.25) is 0 Å². The maximum absolute atomic E-state index is 15.6. The van der Waals surface area contributed by atoms with E-state index in [2.05, 4.69) is 55.8 Å². The molecule has 0 fully saturated rings. The third-order valence-electron chi connectivity index (χ3n) is 6.57. The van der Waals surface area contributed by atoms with Gasteiger partial charge in [-0.15, -0.1) is 0 Å². The molecule has 1 aromatic rings. The van der Waals surface area contributed by atoms with Gasteiger partial charge in [-0.2, -0.15) is 0 Å². The molecule has 1 aliphatic rings. The van der Waals surface area contributed by atoms with E-state index in [-0.39, 0.29) is 11.2 Å². The summed E-state index contributed by atoms with van der Waals surface area (Å²) in [6.45, 7) is 17.1. The number of carbonyl (C=O) groups is 1. The van der Waals surface area contributed by atoms with E-state index in [0.717, 1.165) is 22.9 Å². The lowest BCUT2D eigenvalue weighted by Crippen LogP contribution is -2.24. The Kier molecular flexibility index (Phi) is 10.6. The first kappa shape index (κ1) is 29.1. The number of benzene rings is 1. The number of allylic oxidation sites excluding steroid dienone is 7. The summed E-state index contributed by atoms with van der Waals surface area (Å²) in [5.41, 5.74) is 5.59. The van der Waals surface area contributed by atoms with Gasteiger partial charge in [-0.05, 0) is 107 Å². The molecule has 0 saturated carbocycles. The fourth-order valence-corrected chi connectivity index (χ4v) is 5.58. The second kappa shape index (κ2) is 12.7. The molecule has 0 N–H and O–H groups in total. The van der Waals surface area contributed by atoms with Gasteiger partial charge in [0.2, 0.25) is 0 Å². The largest absolute Gasteiger partial charge is 0.492 e. The second-order valence-electron chi connectivity index (χ2n) is 9.63. The molecule has 0 radical (unpaired) electrons. The molecule has 0 bridgehead atoms. The van der Waals surface area contributed by atoms with Crippen LogP contribution in [0.3, 0.4) is 0 Å². The zero-order valence-electron chi connectivity index (χ0n) is 22.5. The highest BCUT2D eigenvalue weighted by Gasteiger charge is 2.34. The summed E-state index contributed by atoms with van der Waals surface area (Å²) in [5.74, 6) is 0.306. The molecule has 1 unspecified atom stereocenters. The maximum Gasteiger partial charge on any atom is 0.330 e. The topological polar surface area (TPSA) is 35.5 Å². The summed E-state index contributed by atoms with van der Waals surface area (Å²) in [6.07, 6.45) is 9.21. The third-order valence-corrected chi connectivity index (χ3v) is 7.32. The molecule has 1 atom stereocenters. The standard InChI is InChI=1S/C30H40BrFO3/c1-9-20(6)22-15-16-30(7,8)27-23(22)18-24(29(28(27)31)35-12-4)21(10-2)25(32)14-13-19(5)17-26(33)34-11-3/h13-15,17-18,20H,9-12,16H2,1-8H3. The van der Waals surface area contributed by atoms with E-state index < -0.39 is 5.97 Å². The van der Waals surface area contributed by atoms with E-state index in [4.69, 9.17) is 9.47 Å². The molecule has 0 heterocycles. The minimum absolute atomic E-state index is 0.0704. The minimum atomic E-state index is -0.432. The Labute approximate surface area is 219 Å². The first-order valence-corrected chi connectivity index (χ1v) is 13.4. The smallest absolute Gasteiger partial charge is 0.330 e. The number of ether oxygens (including phenoxy) is 2. The molecule has 3 nitrogen and oxygen atoms in total. The van der Waals surface area contributed by atoms with Gasteiger partial charge in [0.15, 0.2) is 0 Å². The van der Waals surface area contributed by atoms with Gasteiger partial charge in [0.05, 0.1) is 17.7 Å². The fraction of sp³-hybridized carbons (Fsp3) is 0.500. The van der Waals surface area contributed by atoms with Crippen LogP contribution in [0.1, 0.15) is 91.3 Å². The lowest BCUT2D eigenvalue weighted by Gasteiger charge is -2.36. The van der Waals surface area contributed by atoms with E-state index in [1.54, 1.807) is 19.9 Å². The molecule has 2 rings (SSSR count). The van der Waals surface area contributed by atoms with Gasteiger partial charge in [-0.1, -0.05) is 46.8 Å². The van der Waals surface area contributed by atoms with Gasteiger partial charge < -0.3 is 9.47 Å². The number of esters is 1. The van der Waals surface area contributed by atoms with E-state index in [1.807, 2.05) is 13.8 Å². The highest BCUT2D eigenvalue weighted by molar-refractivity contribution is 9.10. The number of fused-ring (bicyclic) bond motifs is 1. The summed E-state index contributed by atoms with van der Waals surface area (Å²) in [4.78, 5) is 11.7. The molecule has 5 heteroatoms. The van der Waals surface area contributed by atoms with Crippen LogP contribution in [0.5, 0.6) is 5.75 Å². The zero-order valence-corrected chi connectivity index (χ0v) is 24.1. The highest BCUT2D eigenvalue weighted by Crippen LogP contribution is 2.51. The number of halogens is 2. The predicted octanol–water partition coefficient (Wildman–Crippen LogP) is 9.11. The summed E-state index contributed by atoms with van der Waals surface area (Å²) in [6, 6.07) is 2.12. The number of carbonyl (C=O) groups excluding carboxylic acids is 1. The first-order valence-electron chi connectivity index (χ1n) is 12.6. The average Bonchev–Trinajstić information content (AvgIpc) is 2.79. The van der Waals surface area contributed by atoms with E-state index in [9.17, 15) is 4.79 Å². The molecule has 0 spiro atoms. The second-order valence-corrected chi connectivity index (χ2v) is 10.4. The number of hydrogen-bond donors (Lipinski definition) is 0. The van der Waals surface area contributed by atoms with Crippen LogP contribution < -0.4 is 4.74 Å². The molecule has 0 amide bonds. The van der Waals surface area contributed by atoms with Crippen molar-refractivity contribution in [1.29, 1.82) is 0 Å². The Morgan fingerprint density at radius 1 is 1.20 bits per heavy atom. The van der Waals surface area contributed by atoms with Crippen molar-refractivity contribution in [2.24, 2.45) is 5.92 Å². The van der Waals surface area contributed by atoms with Crippen LogP contribution >= 0.6 is 15.9 Å². The summed E-state index contributed by atoms with van der Waals surface area (Å²) in [5, 5.41) is 0. The van der Waals surface area contributed by atoms with Gasteiger partial charge in [0.1, 0.15) is 11.6 Å². The van der Waals surface area contributed by atoms with Gasteiger partial charge in [0, 0.05) is 11.6 Å². The van der Waals surface area contributed by atoms with Gasteiger partial charge in [-0.25, -0.2) is 9.18 Å². The lowest BCUT2D eigenvalue weighted by molar-refractivity contribution is -0.137. The van der Waals surface area contributed by atoms with Crippen molar-refractivity contribution in [3.05, 3.63) is 62.9 Å². The van der Waals surface area contributed by atoms with Crippen molar-refractivity contribution in [3.63, 3.8) is 0 Å². The molecular weight excluding hydrogens is 507 g/mol. The van der Waals surface area contributed by atoms with Crippen LogP contribution in [0, 0.1) is 5.92 Å². The Morgan fingerprint density at radius 2 is 1.89 bits per heavy atom. The Morgan fingerprint density at radius 3 is 2.46 bits per heavy atom. The number of rotatable bonds is 10. The molecule has 0 aromatic heterocycles. The van der Waals surface area contributed by atoms with Crippen LogP contribution in [0.2, 0.25) is 0 Å². The van der Waals surface area contributed by atoms with Crippen LogP contribution in [-0.2, 0) is 14.9 Å². The zero-order chi connectivity index (χ0) is 26.3. The van der Waals surface area contributed by atoms with Crippen molar-refractivity contribution in [1.82, 2.24) is 0 Å².